The van der Waals surface area contributed by atoms with Crippen LogP contribution in [0.4, 0.5) is 0 Å². The zero-order chi connectivity index (χ0) is 15.9. The molecule has 0 aliphatic heterocycles. The molecular weight excluding hydrogens is 284 g/mol. The highest BCUT2D eigenvalue weighted by Crippen LogP contribution is 2.22. The molecular formula is C16H28N2O2S. The zero-order valence-electron chi connectivity index (χ0n) is 13.6. The van der Waals surface area contributed by atoms with Crippen LogP contribution in [0.2, 0.25) is 0 Å². The number of rotatable bonds is 9. The van der Waals surface area contributed by atoms with Crippen LogP contribution in [-0.4, -0.2) is 32.9 Å². The molecule has 1 unspecified atom stereocenters. The van der Waals surface area contributed by atoms with E-state index in [0.717, 1.165) is 31.4 Å². The van der Waals surface area contributed by atoms with Gasteiger partial charge in [0.25, 0.3) is 0 Å². The maximum absolute atomic E-state index is 12.6. The third-order valence-electron chi connectivity index (χ3n) is 3.65. The summed E-state index contributed by atoms with van der Waals surface area (Å²) in [5.74, 6) is 0. The number of unbranched alkanes of at least 4 members (excludes halogenated alkanes) is 1. The molecule has 0 aromatic heterocycles. The molecule has 0 fully saturated rings. The highest BCUT2D eigenvalue weighted by molar-refractivity contribution is 7.89. The molecule has 0 bridgehead atoms. The molecule has 5 heteroatoms. The quantitative estimate of drug-likeness (QED) is 0.762. The topological polar surface area (TPSA) is 49.4 Å². The summed E-state index contributed by atoms with van der Waals surface area (Å²) < 4.78 is 26.6. The van der Waals surface area contributed by atoms with E-state index in [2.05, 4.69) is 26.1 Å². The molecule has 1 atom stereocenters. The molecule has 0 saturated carbocycles. The Morgan fingerprint density at radius 3 is 2.52 bits per heavy atom. The van der Waals surface area contributed by atoms with Crippen molar-refractivity contribution in [3.05, 3.63) is 29.8 Å². The van der Waals surface area contributed by atoms with Crippen LogP contribution in [-0.2, 0) is 10.0 Å². The lowest BCUT2D eigenvalue weighted by molar-refractivity contribution is 0.459. The number of benzene rings is 1. The summed E-state index contributed by atoms with van der Waals surface area (Å²) in [6.07, 6.45) is 2.80. The number of sulfonamides is 1. The van der Waals surface area contributed by atoms with Crippen LogP contribution in [0.5, 0.6) is 0 Å². The second-order valence-corrected chi connectivity index (χ2v) is 7.32. The first-order valence-corrected chi connectivity index (χ1v) is 9.21. The average molecular weight is 312 g/mol. The van der Waals surface area contributed by atoms with Crippen molar-refractivity contribution in [2.24, 2.45) is 0 Å². The van der Waals surface area contributed by atoms with Gasteiger partial charge < -0.3 is 5.32 Å². The first-order chi connectivity index (χ1) is 9.97. The first kappa shape index (κ1) is 18.1. The predicted molar refractivity (Wildman–Crippen MR) is 87.9 cm³/mol. The van der Waals surface area contributed by atoms with Crippen LogP contribution >= 0.6 is 0 Å². The molecule has 1 aromatic rings. The minimum atomic E-state index is -3.38. The highest BCUT2D eigenvalue weighted by Gasteiger charge is 2.21. The SMILES string of the molecule is CCCCN(C)S(=O)(=O)c1cccc(C(CC)NCC)c1. The Bertz CT molecular complexity index is 529. The van der Waals surface area contributed by atoms with Crippen molar-refractivity contribution >= 4 is 10.0 Å². The lowest BCUT2D eigenvalue weighted by Gasteiger charge is -2.20. The van der Waals surface area contributed by atoms with E-state index >= 15 is 0 Å². The number of hydrogen-bond acceptors (Lipinski definition) is 3. The molecule has 0 aliphatic carbocycles. The van der Waals surface area contributed by atoms with Crippen LogP contribution in [0, 0.1) is 0 Å². The van der Waals surface area contributed by atoms with E-state index < -0.39 is 10.0 Å². The molecule has 4 nitrogen and oxygen atoms in total. The number of nitrogens with zero attached hydrogens (tertiary/aromatic N) is 1. The van der Waals surface area contributed by atoms with Gasteiger partial charge in [-0.15, -0.1) is 0 Å². The summed E-state index contributed by atoms with van der Waals surface area (Å²) in [6.45, 7) is 7.65. The van der Waals surface area contributed by atoms with E-state index in [-0.39, 0.29) is 6.04 Å². The summed E-state index contributed by atoms with van der Waals surface area (Å²) in [7, 11) is -1.73. The van der Waals surface area contributed by atoms with Gasteiger partial charge in [-0.2, -0.15) is 0 Å². The van der Waals surface area contributed by atoms with Crippen molar-refractivity contribution < 1.29 is 8.42 Å². The molecule has 0 radical (unpaired) electrons. The minimum Gasteiger partial charge on any atom is -0.310 e. The summed E-state index contributed by atoms with van der Waals surface area (Å²) in [5, 5.41) is 3.38. The van der Waals surface area contributed by atoms with Gasteiger partial charge in [-0.1, -0.05) is 39.3 Å². The van der Waals surface area contributed by atoms with Crippen molar-refractivity contribution in [3.63, 3.8) is 0 Å². The Hall–Kier alpha value is -0.910. The summed E-state index contributed by atoms with van der Waals surface area (Å²) in [5.41, 5.74) is 1.03. The maximum Gasteiger partial charge on any atom is 0.242 e. The van der Waals surface area contributed by atoms with E-state index in [9.17, 15) is 8.42 Å². The molecule has 0 amide bonds. The second-order valence-electron chi connectivity index (χ2n) is 5.27. The van der Waals surface area contributed by atoms with E-state index in [1.807, 2.05) is 12.1 Å². The smallest absolute Gasteiger partial charge is 0.242 e. The fourth-order valence-corrected chi connectivity index (χ4v) is 3.58. The highest BCUT2D eigenvalue weighted by atomic mass is 32.2. The summed E-state index contributed by atoms with van der Waals surface area (Å²) in [4.78, 5) is 0.384. The van der Waals surface area contributed by atoms with Gasteiger partial charge in [0, 0.05) is 19.6 Å². The third-order valence-corrected chi connectivity index (χ3v) is 5.51. The van der Waals surface area contributed by atoms with Crippen LogP contribution in [0.25, 0.3) is 0 Å². The monoisotopic (exact) mass is 312 g/mol. The van der Waals surface area contributed by atoms with Gasteiger partial charge in [-0.25, -0.2) is 12.7 Å². The average Bonchev–Trinajstić information content (AvgIpc) is 2.50. The Morgan fingerprint density at radius 2 is 1.95 bits per heavy atom. The largest absolute Gasteiger partial charge is 0.310 e. The van der Waals surface area contributed by atoms with Crippen LogP contribution in [0.1, 0.15) is 51.6 Å². The Kier molecular flexibility index (Phi) is 7.35. The van der Waals surface area contributed by atoms with Crippen molar-refractivity contribution in [1.82, 2.24) is 9.62 Å². The van der Waals surface area contributed by atoms with Gasteiger partial charge in [0.05, 0.1) is 4.90 Å². The Morgan fingerprint density at radius 1 is 1.24 bits per heavy atom. The van der Waals surface area contributed by atoms with Gasteiger partial charge >= 0.3 is 0 Å². The lowest BCUT2D eigenvalue weighted by atomic mass is 10.0. The van der Waals surface area contributed by atoms with Gasteiger partial charge in [-0.05, 0) is 37.1 Å². The van der Waals surface area contributed by atoms with E-state index in [1.165, 1.54) is 4.31 Å². The van der Waals surface area contributed by atoms with E-state index in [0.29, 0.717) is 11.4 Å². The molecule has 1 aromatic carbocycles. The lowest BCUT2D eigenvalue weighted by Crippen LogP contribution is -2.28. The fourth-order valence-electron chi connectivity index (χ4n) is 2.32. The van der Waals surface area contributed by atoms with Crippen molar-refractivity contribution in [2.75, 3.05) is 20.1 Å². The van der Waals surface area contributed by atoms with E-state index in [1.54, 1.807) is 19.2 Å². The molecule has 0 spiro atoms. The zero-order valence-corrected chi connectivity index (χ0v) is 14.4. The van der Waals surface area contributed by atoms with Crippen molar-refractivity contribution in [1.29, 1.82) is 0 Å². The second kappa shape index (κ2) is 8.51. The molecule has 1 N–H and O–H groups in total. The third kappa shape index (κ3) is 4.80. The molecule has 120 valence electrons. The number of hydrogen-bond donors (Lipinski definition) is 1. The molecule has 21 heavy (non-hydrogen) atoms. The first-order valence-electron chi connectivity index (χ1n) is 7.77. The normalized spacial score (nSPS) is 13.6. The maximum atomic E-state index is 12.6. The van der Waals surface area contributed by atoms with Crippen LogP contribution in [0.15, 0.2) is 29.2 Å². The molecule has 0 saturated heterocycles. The summed E-state index contributed by atoms with van der Waals surface area (Å²) >= 11 is 0. The van der Waals surface area contributed by atoms with Crippen LogP contribution in [0.3, 0.4) is 0 Å². The van der Waals surface area contributed by atoms with Gasteiger partial charge in [0.1, 0.15) is 0 Å². The molecule has 0 heterocycles. The van der Waals surface area contributed by atoms with Crippen molar-refractivity contribution in [2.45, 2.75) is 51.0 Å². The molecule has 0 aliphatic rings. The fraction of sp³-hybridized carbons (Fsp3) is 0.625. The van der Waals surface area contributed by atoms with Gasteiger partial charge in [-0.3, -0.25) is 0 Å². The number of nitrogens with one attached hydrogen (secondary N) is 1. The van der Waals surface area contributed by atoms with Gasteiger partial charge in [0.15, 0.2) is 0 Å². The summed E-state index contributed by atoms with van der Waals surface area (Å²) in [6, 6.07) is 7.50. The van der Waals surface area contributed by atoms with Gasteiger partial charge in [0.2, 0.25) is 10.0 Å². The van der Waals surface area contributed by atoms with Crippen LogP contribution < -0.4 is 5.32 Å². The Balaban J connectivity index is 3.03. The predicted octanol–water partition coefficient (Wildman–Crippen LogP) is 3.17. The molecule has 1 rings (SSSR count). The van der Waals surface area contributed by atoms with E-state index in [4.69, 9.17) is 0 Å². The standard InChI is InChI=1S/C16H28N2O2S/c1-5-8-12-18(4)21(19,20)15-11-9-10-14(13-15)16(6-2)17-7-3/h9-11,13,16-17H,5-8,12H2,1-4H3. The minimum absolute atomic E-state index is 0.200. The van der Waals surface area contributed by atoms with Crippen molar-refractivity contribution in [3.8, 4) is 0 Å². The Labute approximate surface area is 129 Å².